The number of methoxy groups -OCH3 is 1. The maximum Gasteiger partial charge on any atom is 0.182 e. The Balaban J connectivity index is 1.44. The van der Waals surface area contributed by atoms with Gasteiger partial charge in [0.2, 0.25) is 0 Å². The van der Waals surface area contributed by atoms with E-state index in [0.29, 0.717) is 0 Å². The third kappa shape index (κ3) is 4.10. The van der Waals surface area contributed by atoms with E-state index in [1.54, 1.807) is 19.2 Å². The summed E-state index contributed by atoms with van der Waals surface area (Å²) < 4.78 is 5.49. The Morgan fingerprint density at radius 2 is 1.64 bits per heavy atom. The minimum atomic E-state index is 0.0419. The summed E-state index contributed by atoms with van der Waals surface area (Å²) in [5.41, 5.74) is 4.04. The molecule has 28 heavy (non-hydrogen) atoms. The molecule has 2 aromatic carbocycles. The molecule has 5 heteroatoms. The lowest BCUT2D eigenvalue weighted by molar-refractivity contribution is 0.246. The fourth-order valence-electron chi connectivity index (χ4n) is 3.74. The molecule has 1 aliphatic heterocycles. The van der Waals surface area contributed by atoms with Gasteiger partial charge in [-0.05, 0) is 17.7 Å². The van der Waals surface area contributed by atoms with E-state index in [2.05, 4.69) is 20.9 Å². The number of aromatic nitrogens is 1. The summed E-state index contributed by atoms with van der Waals surface area (Å²) in [6, 6.07) is 21.5. The van der Waals surface area contributed by atoms with E-state index in [9.17, 15) is 4.79 Å². The molecule has 0 atom stereocenters. The van der Waals surface area contributed by atoms with E-state index in [4.69, 9.17) is 4.74 Å². The van der Waals surface area contributed by atoms with Gasteiger partial charge < -0.3 is 14.6 Å². The summed E-state index contributed by atoms with van der Waals surface area (Å²) in [5.74, 6) is 0.913. The molecule has 0 radical (unpaired) electrons. The highest BCUT2D eigenvalue weighted by Crippen LogP contribution is 2.28. The highest BCUT2D eigenvalue weighted by Gasteiger charge is 2.20. The van der Waals surface area contributed by atoms with E-state index < -0.39 is 0 Å². The molecule has 0 spiro atoms. The lowest BCUT2D eigenvalue weighted by atomic mass is 10.1. The first-order chi connectivity index (χ1) is 13.7. The Morgan fingerprint density at radius 1 is 0.929 bits per heavy atom. The van der Waals surface area contributed by atoms with Crippen LogP contribution in [0.25, 0.3) is 11.3 Å². The largest absolute Gasteiger partial charge is 0.495 e. The van der Waals surface area contributed by atoms with Crippen LogP contribution in [-0.2, 0) is 6.54 Å². The maximum atomic E-state index is 12.2. The molecule has 0 saturated carbocycles. The molecule has 1 aromatic heterocycles. The average Bonchev–Trinajstić information content (AvgIpc) is 2.74. The van der Waals surface area contributed by atoms with Crippen molar-refractivity contribution in [2.45, 2.75) is 6.54 Å². The monoisotopic (exact) mass is 375 g/mol. The number of nitrogens with one attached hydrogen (secondary N) is 1. The van der Waals surface area contributed by atoms with Gasteiger partial charge >= 0.3 is 0 Å². The van der Waals surface area contributed by atoms with Crippen LogP contribution in [-0.4, -0.2) is 43.2 Å². The van der Waals surface area contributed by atoms with Crippen LogP contribution in [0.3, 0.4) is 0 Å². The van der Waals surface area contributed by atoms with E-state index in [1.807, 2.05) is 48.5 Å². The number of hydrogen-bond donors (Lipinski definition) is 1. The molecule has 1 N–H and O–H groups in total. The van der Waals surface area contributed by atoms with Gasteiger partial charge in [0.1, 0.15) is 5.75 Å². The number of nitrogens with zero attached hydrogens (tertiary/aromatic N) is 2. The number of rotatable bonds is 5. The van der Waals surface area contributed by atoms with Crippen molar-refractivity contribution in [3.63, 3.8) is 0 Å². The summed E-state index contributed by atoms with van der Waals surface area (Å²) in [7, 11) is 1.71. The van der Waals surface area contributed by atoms with Gasteiger partial charge in [-0.1, -0.05) is 42.5 Å². The zero-order chi connectivity index (χ0) is 19.3. The van der Waals surface area contributed by atoms with Crippen molar-refractivity contribution in [1.82, 2.24) is 9.88 Å². The minimum absolute atomic E-state index is 0.0419. The highest BCUT2D eigenvalue weighted by atomic mass is 16.5. The molecule has 0 bridgehead atoms. The van der Waals surface area contributed by atoms with Gasteiger partial charge in [0, 0.05) is 56.2 Å². The quantitative estimate of drug-likeness (QED) is 0.743. The van der Waals surface area contributed by atoms with Crippen LogP contribution < -0.4 is 15.1 Å². The van der Waals surface area contributed by atoms with Crippen molar-refractivity contribution in [1.29, 1.82) is 0 Å². The number of aromatic amines is 1. The third-order valence-corrected chi connectivity index (χ3v) is 5.18. The summed E-state index contributed by atoms with van der Waals surface area (Å²) in [6.45, 7) is 4.49. The Kier molecular flexibility index (Phi) is 5.44. The lowest BCUT2D eigenvalue weighted by Gasteiger charge is -2.36. The second kappa shape index (κ2) is 8.31. The van der Waals surface area contributed by atoms with E-state index in [1.165, 1.54) is 0 Å². The van der Waals surface area contributed by atoms with Gasteiger partial charge in [-0.25, -0.2) is 0 Å². The molecule has 0 aliphatic carbocycles. The van der Waals surface area contributed by atoms with E-state index in [0.717, 1.165) is 61.1 Å². The molecular formula is C23H25N3O2. The van der Waals surface area contributed by atoms with Gasteiger partial charge in [-0.15, -0.1) is 0 Å². The van der Waals surface area contributed by atoms with Crippen molar-refractivity contribution in [3.05, 3.63) is 82.6 Å². The Bertz CT molecular complexity index is 976. The molecular weight excluding hydrogens is 350 g/mol. The predicted octanol–water partition coefficient (Wildman–Crippen LogP) is 3.37. The molecule has 4 rings (SSSR count). The SMILES string of the molecule is COc1ccccc1N1CCN(Cc2cc(=O)cc(-c3ccccc3)[nH]2)CC1. The molecule has 5 nitrogen and oxygen atoms in total. The van der Waals surface area contributed by atoms with Gasteiger partial charge in [0.25, 0.3) is 0 Å². The molecule has 2 heterocycles. The topological polar surface area (TPSA) is 48.6 Å². The van der Waals surface area contributed by atoms with Crippen molar-refractivity contribution >= 4 is 5.69 Å². The minimum Gasteiger partial charge on any atom is -0.495 e. The van der Waals surface area contributed by atoms with Crippen molar-refractivity contribution in [2.24, 2.45) is 0 Å². The number of piperazine rings is 1. The van der Waals surface area contributed by atoms with Gasteiger partial charge in [0.15, 0.2) is 5.43 Å². The van der Waals surface area contributed by atoms with Crippen molar-refractivity contribution in [3.8, 4) is 17.0 Å². The third-order valence-electron chi connectivity index (χ3n) is 5.18. The first kappa shape index (κ1) is 18.3. The predicted molar refractivity (Wildman–Crippen MR) is 113 cm³/mol. The standard InChI is InChI=1S/C23H25N3O2/c1-28-23-10-6-5-9-22(23)26-13-11-25(12-14-26)17-19-15-20(27)16-21(24-19)18-7-3-2-4-8-18/h2-10,15-16H,11-14,17H2,1H3,(H,24,27). The Morgan fingerprint density at radius 3 is 2.39 bits per heavy atom. The molecule has 1 fully saturated rings. The molecule has 1 saturated heterocycles. The van der Waals surface area contributed by atoms with Crippen LogP contribution in [0.1, 0.15) is 5.69 Å². The number of para-hydroxylation sites is 2. The van der Waals surface area contributed by atoms with Gasteiger partial charge in [-0.3, -0.25) is 9.69 Å². The first-order valence-electron chi connectivity index (χ1n) is 9.62. The highest BCUT2D eigenvalue weighted by molar-refractivity contribution is 5.59. The number of pyridine rings is 1. The summed E-state index contributed by atoms with van der Waals surface area (Å²) in [4.78, 5) is 20.3. The van der Waals surface area contributed by atoms with Crippen LogP contribution in [0, 0.1) is 0 Å². The summed E-state index contributed by atoms with van der Waals surface area (Å²) in [5, 5.41) is 0. The van der Waals surface area contributed by atoms with Crippen LogP contribution in [0.15, 0.2) is 71.5 Å². The molecule has 144 valence electrons. The Labute approximate surface area is 165 Å². The number of H-pyrrole nitrogens is 1. The van der Waals surface area contributed by atoms with Gasteiger partial charge in [0.05, 0.1) is 12.8 Å². The second-order valence-electron chi connectivity index (χ2n) is 7.06. The van der Waals surface area contributed by atoms with Crippen LogP contribution >= 0.6 is 0 Å². The molecule has 0 unspecified atom stereocenters. The average molecular weight is 375 g/mol. The van der Waals surface area contributed by atoms with Crippen molar-refractivity contribution in [2.75, 3.05) is 38.2 Å². The molecule has 1 aliphatic rings. The summed E-state index contributed by atoms with van der Waals surface area (Å²) >= 11 is 0. The second-order valence-corrected chi connectivity index (χ2v) is 7.06. The smallest absolute Gasteiger partial charge is 0.182 e. The van der Waals surface area contributed by atoms with Crippen LogP contribution in [0.4, 0.5) is 5.69 Å². The maximum absolute atomic E-state index is 12.2. The van der Waals surface area contributed by atoms with Crippen LogP contribution in [0.2, 0.25) is 0 Å². The van der Waals surface area contributed by atoms with Gasteiger partial charge in [-0.2, -0.15) is 0 Å². The molecule has 0 amide bonds. The number of benzene rings is 2. The number of hydrogen-bond acceptors (Lipinski definition) is 4. The Hall–Kier alpha value is -3.05. The zero-order valence-electron chi connectivity index (χ0n) is 16.1. The fraction of sp³-hybridized carbons (Fsp3) is 0.261. The normalized spacial score (nSPS) is 14.8. The summed E-state index contributed by atoms with van der Waals surface area (Å²) in [6.07, 6.45) is 0. The number of ether oxygens (including phenoxy) is 1. The number of anilines is 1. The van der Waals surface area contributed by atoms with E-state index >= 15 is 0 Å². The van der Waals surface area contributed by atoms with Crippen LogP contribution in [0.5, 0.6) is 5.75 Å². The lowest BCUT2D eigenvalue weighted by Crippen LogP contribution is -2.46. The molecule has 3 aromatic rings. The zero-order valence-corrected chi connectivity index (χ0v) is 16.1. The fourth-order valence-corrected chi connectivity index (χ4v) is 3.74. The first-order valence-corrected chi connectivity index (χ1v) is 9.62. The van der Waals surface area contributed by atoms with Crippen molar-refractivity contribution < 1.29 is 4.74 Å². The van der Waals surface area contributed by atoms with E-state index in [-0.39, 0.29) is 5.43 Å².